The monoisotopic (exact) mass is 273 g/mol. The lowest BCUT2D eigenvalue weighted by atomic mass is 10.1. The number of fused-ring (bicyclic) bond motifs is 1. The van der Waals surface area contributed by atoms with E-state index >= 15 is 0 Å². The number of benzene rings is 1. The van der Waals surface area contributed by atoms with Gasteiger partial charge in [0.15, 0.2) is 0 Å². The van der Waals surface area contributed by atoms with Crippen LogP contribution in [-0.2, 0) is 6.54 Å². The van der Waals surface area contributed by atoms with Gasteiger partial charge in [0.2, 0.25) is 5.56 Å². The van der Waals surface area contributed by atoms with Crippen LogP contribution in [-0.4, -0.2) is 24.1 Å². The van der Waals surface area contributed by atoms with Crippen molar-refractivity contribution in [3.63, 3.8) is 0 Å². The summed E-state index contributed by atoms with van der Waals surface area (Å²) >= 11 is 0. The van der Waals surface area contributed by atoms with Gasteiger partial charge in [0.05, 0.1) is 0 Å². The molecule has 108 valence electrons. The van der Waals surface area contributed by atoms with Gasteiger partial charge in [-0.3, -0.25) is 4.79 Å². The third-order valence-corrected chi connectivity index (χ3v) is 3.23. The molecule has 0 saturated heterocycles. The molecule has 1 aromatic carbocycles. The van der Waals surface area contributed by atoms with Crippen LogP contribution in [0.2, 0.25) is 0 Å². The number of rotatable bonds is 7. The number of aromatic nitrogens is 1. The van der Waals surface area contributed by atoms with Gasteiger partial charge >= 0.3 is 0 Å². The van der Waals surface area contributed by atoms with E-state index in [1.165, 1.54) is 0 Å². The van der Waals surface area contributed by atoms with Crippen molar-refractivity contribution in [1.82, 2.24) is 15.6 Å². The van der Waals surface area contributed by atoms with E-state index in [1.54, 1.807) is 6.07 Å². The Kier molecular flexibility index (Phi) is 5.32. The topological polar surface area (TPSA) is 56.9 Å². The Bertz CT molecular complexity index is 604. The third kappa shape index (κ3) is 4.18. The van der Waals surface area contributed by atoms with Gasteiger partial charge in [0.1, 0.15) is 0 Å². The smallest absolute Gasteiger partial charge is 0.248 e. The van der Waals surface area contributed by atoms with E-state index in [0.717, 1.165) is 42.5 Å². The largest absolute Gasteiger partial charge is 0.322 e. The van der Waals surface area contributed by atoms with Crippen LogP contribution in [0.5, 0.6) is 0 Å². The minimum Gasteiger partial charge on any atom is -0.322 e. The van der Waals surface area contributed by atoms with Crippen molar-refractivity contribution in [2.45, 2.75) is 32.9 Å². The van der Waals surface area contributed by atoms with Crippen molar-refractivity contribution in [3.8, 4) is 0 Å². The molecule has 1 aromatic heterocycles. The van der Waals surface area contributed by atoms with E-state index in [2.05, 4.69) is 29.5 Å². The number of pyridine rings is 1. The first-order valence-electron chi connectivity index (χ1n) is 7.22. The Morgan fingerprint density at radius 2 is 2.00 bits per heavy atom. The predicted molar refractivity (Wildman–Crippen MR) is 84.0 cm³/mol. The summed E-state index contributed by atoms with van der Waals surface area (Å²) in [5, 5.41) is 7.90. The fraction of sp³-hybridized carbons (Fsp3) is 0.438. The average molecular weight is 273 g/mol. The number of para-hydroxylation sites is 1. The van der Waals surface area contributed by atoms with Crippen molar-refractivity contribution in [2.75, 3.05) is 13.1 Å². The van der Waals surface area contributed by atoms with Crippen LogP contribution in [0, 0.1) is 0 Å². The zero-order chi connectivity index (χ0) is 14.4. The second-order valence-electron chi connectivity index (χ2n) is 5.34. The summed E-state index contributed by atoms with van der Waals surface area (Å²) in [6, 6.07) is 10.1. The van der Waals surface area contributed by atoms with Crippen LogP contribution in [0.3, 0.4) is 0 Å². The molecule has 0 unspecified atom stereocenters. The van der Waals surface area contributed by atoms with Crippen molar-refractivity contribution in [2.24, 2.45) is 0 Å². The summed E-state index contributed by atoms with van der Waals surface area (Å²) in [7, 11) is 0. The molecule has 2 rings (SSSR count). The summed E-state index contributed by atoms with van der Waals surface area (Å²) in [4.78, 5) is 14.5. The van der Waals surface area contributed by atoms with Gasteiger partial charge in [-0.2, -0.15) is 0 Å². The predicted octanol–water partition coefficient (Wildman–Crippen LogP) is 2.01. The molecule has 2 aromatic rings. The van der Waals surface area contributed by atoms with E-state index in [9.17, 15) is 4.79 Å². The minimum absolute atomic E-state index is 0.0398. The molecule has 0 aliphatic rings. The highest BCUT2D eigenvalue weighted by molar-refractivity contribution is 5.81. The molecule has 0 saturated carbocycles. The molecular weight excluding hydrogens is 250 g/mol. The SMILES string of the molecule is CC(C)NCCCNCc1cc(=O)[nH]c2ccccc12. The lowest BCUT2D eigenvalue weighted by Crippen LogP contribution is -2.27. The molecule has 0 atom stereocenters. The van der Waals surface area contributed by atoms with Crippen molar-refractivity contribution in [1.29, 1.82) is 0 Å². The number of hydrogen-bond acceptors (Lipinski definition) is 3. The molecule has 0 bridgehead atoms. The fourth-order valence-electron chi connectivity index (χ4n) is 2.25. The molecule has 0 aliphatic heterocycles. The van der Waals surface area contributed by atoms with Gasteiger partial charge in [-0.25, -0.2) is 0 Å². The molecule has 0 radical (unpaired) electrons. The van der Waals surface area contributed by atoms with E-state index in [0.29, 0.717) is 6.04 Å². The first-order chi connectivity index (χ1) is 9.66. The summed E-state index contributed by atoms with van der Waals surface area (Å²) in [5.41, 5.74) is 1.92. The Hall–Kier alpha value is -1.65. The summed E-state index contributed by atoms with van der Waals surface area (Å²) in [6.07, 6.45) is 1.08. The number of aromatic amines is 1. The number of H-pyrrole nitrogens is 1. The highest BCUT2D eigenvalue weighted by Gasteiger charge is 2.02. The molecule has 1 heterocycles. The van der Waals surface area contributed by atoms with Gasteiger partial charge < -0.3 is 15.6 Å². The maximum atomic E-state index is 11.6. The van der Waals surface area contributed by atoms with Crippen LogP contribution < -0.4 is 16.2 Å². The van der Waals surface area contributed by atoms with Crippen molar-refractivity contribution < 1.29 is 0 Å². The van der Waals surface area contributed by atoms with Gasteiger partial charge in [-0.05, 0) is 31.1 Å². The van der Waals surface area contributed by atoms with E-state index < -0.39 is 0 Å². The first kappa shape index (κ1) is 14.8. The van der Waals surface area contributed by atoms with Gasteiger partial charge in [0.25, 0.3) is 0 Å². The van der Waals surface area contributed by atoms with Crippen LogP contribution in [0.15, 0.2) is 35.1 Å². The van der Waals surface area contributed by atoms with Crippen LogP contribution in [0.25, 0.3) is 10.9 Å². The van der Waals surface area contributed by atoms with E-state index in [4.69, 9.17) is 0 Å². The second kappa shape index (κ2) is 7.22. The molecule has 3 N–H and O–H groups in total. The normalized spacial score (nSPS) is 11.3. The fourth-order valence-corrected chi connectivity index (χ4v) is 2.25. The molecule has 0 spiro atoms. The third-order valence-electron chi connectivity index (χ3n) is 3.23. The lowest BCUT2D eigenvalue weighted by Gasteiger charge is -2.10. The van der Waals surface area contributed by atoms with Crippen LogP contribution in [0.4, 0.5) is 0 Å². The number of hydrogen-bond donors (Lipinski definition) is 3. The molecule has 4 nitrogen and oxygen atoms in total. The number of nitrogens with one attached hydrogen (secondary N) is 3. The zero-order valence-electron chi connectivity index (χ0n) is 12.2. The molecule has 0 fully saturated rings. The Morgan fingerprint density at radius 1 is 1.20 bits per heavy atom. The highest BCUT2D eigenvalue weighted by Crippen LogP contribution is 2.13. The second-order valence-corrected chi connectivity index (χ2v) is 5.34. The quantitative estimate of drug-likeness (QED) is 0.676. The standard InChI is InChI=1S/C16H23N3O/c1-12(2)18-9-5-8-17-11-13-10-16(20)19-15-7-4-3-6-14(13)15/h3-4,6-7,10,12,17-18H,5,8-9,11H2,1-2H3,(H,19,20). The Balaban J connectivity index is 1.91. The van der Waals surface area contributed by atoms with E-state index in [1.807, 2.05) is 24.3 Å². The Morgan fingerprint density at radius 3 is 2.80 bits per heavy atom. The molecular formula is C16H23N3O. The van der Waals surface area contributed by atoms with Gasteiger partial charge in [-0.15, -0.1) is 0 Å². The van der Waals surface area contributed by atoms with Gasteiger partial charge in [-0.1, -0.05) is 32.0 Å². The van der Waals surface area contributed by atoms with Crippen LogP contribution in [0.1, 0.15) is 25.8 Å². The van der Waals surface area contributed by atoms with Gasteiger partial charge in [0, 0.05) is 29.6 Å². The maximum absolute atomic E-state index is 11.6. The highest BCUT2D eigenvalue weighted by atomic mass is 16.1. The average Bonchev–Trinajstić information content (AvgIpc) is 2.42. The van der Waals surface area contributed by atoms with Crippen LogP contribution >= 0.6 is 0 Å². The Labute approximate surface area is 119 Å². The first-order valence-corrected chi connectivity index (χ1v) is 7.22. The minimum atomic E-state index is -0.0398. The van der Waals surface area contributed by atoms with E-state index in [-0.39, 0.29) is 5.56 Å². The lowest BCUT2D eigenvalue weighted by molar-refractivity contribution is 0.548. The maximum Gasteiger partial charge on any atom is 0.248 e. The summed E-state index contributed by atoms with van der Waals surface area (Å²) < 4.78 is 0. The molecule has 20 heavy (non-hydrogen) atoms. The zero-order valence-corrected chi connectivity index (χ0v) is 12.2. The molecule has 0 aliphatic carbocycles. The van der Waals surface area contributed by atoms with Crippen molar-refractivity contribution in [3.05, 3.63) is 46.2 Å². The van der Waals surface area contributed by atoms with Crippen molar-refractivity contribution >= 4 is 10.9 Å². The summed E-state index contributed by atoms with van der Waals surface area (Å²) in [6.45, 7) is 6.99. The summed E-state index contributed by atoms with van der Waals surface area (Å²) in [5.74, 6) is 0. The molecule has 4 heteroatoms. The molecule has 0 amide bonds.